The Balaban J connectivity index is 1.33. The zero-order valence-electron chi connectivity index (χ0n) is 17.8. The number of hydrogen-bond donors (Lipinski definition) is 3. The second-order valence-corrected chi connectivity index (χ2v) is 7.55. The predicted octanol–water partition coefficient (Wildman–Crippen LogP) is 4.21. The van der Waals surface area contributed by atoms with Crippen LogP contribution in [0.3, 0.4) is 0 Å². The van der Waals surface area contributed by atoms with E-state index in [2.05, 4.69) is 16.0 Å². The van der Waals surface area contributed by atoms with E-state index in [1.165, 1.54) is 0 Å². The molecule has 0 saturated heterocycles. The molecule has 1 aliphatic heterocycles. The van der Waals surface area contributed by atoms with Gasteiger partial charge in [-0.1, -0.05) is 30.3 Å². The van der Waals surface area contributed by atoms with Crippen molar-refractivity contribution in [2.75, 3.05) is 24.4 Å². The van der Waals surface area contributed by atoms with Crippen LogP contribution in [0.15, 0.2) is 72.8 Å². The molecule has 1 heterocycles. The molecule has 164 valence electrons. The number of rotatable bonds is 6. The van der Waals surface area contributed by atoms with Gasteiger partial charge < -0.3 is 25.4 Å². The van der Waals surface area contributed by atoms with Crippen LogP contribution in [-0.2, 0) is 17.8 Å². The van der Waals surface area contributed by atoms with Gasteiger partial charge in [-0.25, -0.2) is 4.79 Å². The summed E-state index contributed by atoms with van der Waals surface area (Å²) >= 11 is 0. The normalized spacial score (nSPS) is 14.5. The molecule has 0 fully saturated rings. The predicted molar refractivity (Wildman–Crippen MR) is 123 cm³/mol. The van der Waals surface area contributed by atoms with Gasteiger partial charge in [-0.2, -0.15) is 0 Å². The van der Waals surface area contributed by atoms with E-state index in [9.17, 15) is 9.59 Å². The minimum atomic E-state index is -0.332. The Morgan fingerprint density at radius 1 is 0.969 bits per heavy atom. The molecule has 0 unspecified atom stereocenters. The third-order valence-corrected chi connectivity index (χ3v) is 5.25. The maximum Gasteiger partial charge on any atom is 0.323 e. The molecule has 0 saturated carbocycles. The second-order valence-electron chi connectivity index (χ2n) is 7.55. The number of nitrogens with one attached hydrogen (secondary N) is 3. The summed E-state index contributed by atoms with van der Waals surface area (Å²) in [6, 6.07) is 21.9. The van der Waals surface area contributed by atoms with Crippen molar-refractivity contribution in [2.45, 2.75) is 13.0 Å². The molecule has 32 heavy (non-hydrogen) atoms. The monoisotopic (exact) mass is 431 g/mol. The Labute approximate surface area is 186 Å². The summed E-state index contributed by atoms with van der Waals surface area (Å²) < 4.78 is 10.9. The number of urea groups is 1. The van der Waals surface area contributed by atoms with Gasteiger partial charge in [0.2, 0.25) is 5.91 Å². The van der Waals surface area contributed by atoms with Crippen LogP contribution in [0, 0.1) is 5.92 Å². The van der Waals surface area contributed by atoms with Crippen LogP contribution >= 0.6 is 0 Å². The van der Waals surface area contributed by atoms with Crippen molar-refractivity contribution in [3.05, 3.63) is 83.9 Å². The molecule has 3 aromatic rings. The molecule has 7 nitrogen and oxygen atoms in total. The lowest BCUT2D eigenvalue weighted by Crippen LogP contribution is -2.37. The number of fused-ring (bicyclic) bond motifs is 1. The van der Waals surface area contributed by atoms with Gasteiger partial charge in [0.15, 0.2) is 0 Å². The number of amides is 3. The van der Waals surface area contributed by atoms with Crippen molar-refractivity contribution < 1.29 is 19.1 Å². The van der Waals surface area contributed by atoms with Crippen LogP contribution < -0.4 is 25.4 Å². The first-order chi connectivity index (χ1) is 15.6. The lowest BCUT2D eigenvalue weighted by Gasteiger charge is -2.25. The van der Waals surface area contributed by atoms with Crippen LogP contribution in [0.4, 0.5) is 16.2 Å². The first kappa shape index (κ1) is 21.2. The van der Waals surface area contributed by atoms with Crippen molar-refractivity contribution in [1.29, 1.82) is 0 Å². The van der Waals surface area contributed by atoms with E-state index in [0.29, 0.717) is 30.9 Å². The highest BCUT2D eigenvalue weighted by atomic mass is 16.5. The molecule has 0 aromatic heterocycles. The van der Waals surface area contributed by atoms with E-state index in [1.807, 2.05) is 66.7 Å². The number of benzene rings is 3. The number of carbonyl (C=O) groups is 2. The molecule has 3 amide bonds. The van der Waals surface area contributed by atoms with Gasteiger partial charge in [0.25, 0.3) is 0 Å². The third kappa shape index (κ3) is 5.37. The highest BCUT2D eigenvalue weighted by Gasteiger charge is 2.26. The van der Waals surface area contributed by atoms with Crippen molar-refractivity contribution in [3.8, 4) is 11.5 Å². The van der Waals surface area contributed by atoms with Crippen molar-refractivity contribution in [2.24, 2.45) is 5.92 Å². The summed E-state index contributed by atoms with van der Waals surface area (Å²) in [4.78, 5) is 24.9. The van der Waals surface area contributed by atoms with E-state index in [0.717, 1.165) is 22.6 Å². The van der Waals surface area contributed by atoms with Gasteiger partial charge in [-0.3, -0.25) is 4.79 Å². The molecule has 7 heteroatoms. The largest absolute Gasteiger partial charge is 0.497 e. The summed E-state index contributed by atoms with van der Waals surface area (Å²) in [6.07, 6.45) is 0.541. The van der Waals surface area contributed by atoms with Gasteiger partial charge in [-0.15, -0.1) is 0 Å². The van der Waals surface area contributed by atoms with Gasteiger partial charge >= 0.3 is 6.03 Å². The highest BCUT2D eigenvalue weighted by Crippen LogP contribution is 2.30. The Bertz CT molecular complexity index is 1080. The maximum atomic E-state index is 12.7. The average molecular weight is 431 g/mol. The minimum absolute atomic E-state index is 0.0633. The molecule has 0 bridgehead atoms. The number of anilines is 2. The van der Waals surface area contributed by atoms with Crippen LogP contribution in [-0.4, -0.2) is 25.7 Å². The van der Waals surface area contributed by atoms with Crippen LogP contribution in [0.2, 0.25) is 0 Å². The van der Waals surface area contributed by atoms with E-state index < -0.39 is 0 Å². The lowest BCUT2D eigenvalue weighted by molar-refractivity contribution is -0.126. The Morgan fingerprint density at radius 2 is 1.72 bits per heavy atom. The lowest BCUT2D eigenvalue weighted by atomic mass is 9.95. The molecule has 0 aliphatic carbocycles. The molecule has 4 rings (SSSR count). The standard InChI is InChI=1S/C25H25N3O4/c1-31-22-10-7-17(8-11-22)15-26-24(29)19-13-18-14-21(9-12-23(18)32-16-19)28-25(30)27-20-5-3-2-4-6-20/h2-12,14,19H,13,15-16H2,1H3,(H,26,29)(H2,27,28,30)/t19-/m1/s1. The molecule has 0 spiro atoms. The molecule has 0 radical (unpaired) electrons. The third-order valence-electron chi connectivity index (χ3n) is 5.25. The fourth-order valence-corrected chi connectivity index (χ4v) is 3.53. The number of hydrogen-bond acceptors (Lipinski definition) is 4. The molecule has 3 N–H and O–H groups in total. The van der Waals surface area contributed by atoms with E-state index in [1.54, 1.807) is 13.2 Å². The molecular weight excluding hydrogens is 406 g/mol. The quantitative estimate of drug-likeness (QED) is 0.546. The Hall–Kier alpha value is -4.00. The summed E-state index contributed by atoms with van der Waals surface area (Å²) in [5.74, 6) is 1.15. The topological polar surface area (TPSA) is 88.7 Å². The van der Waals surface area contributed by atoms with Crippen molar-refractivity contribution in [3.63, 3.8) is 0 Å². The van der Waals surface area contributed by atoms with Gasteiger partial charge in [0.05, 0.1) is 13.0 Å². The Morgan fingerprint density at radius 3 is 2.47 bits per heavy atom. The van der Waals surface area contributed by atoms with Crippen molar-refractivity contribution in [1.82, 2.24) is 5.32 Å². The second kappa shape index (κ2) is 9.87. The van der Waals surface area contributed by atoms with Crippen LogP contribution in [0.25, 0.3) is 0 Å². The maximum absolute atomic E-state index is 12.7. The summed E-state index contributed by atoms with van der Waals surface area (Å²) in [5, 5.41) is 8.58. The fourth-order valence-electron chi connectivity index (χ4n) is 3.53. The molecular formula is C25H25N3O4. The summed E-state index contributed by atoms with van der Waals surface area (Å²) in [7, 11) is 1.62. The smallest absolute Gasteiger partial charge is 0.323 e. The first-order valence-electron chi connectivity index (χ1n) is 10.4. The van der Waals surface area contributed by atoms with Crippen molar-refractivity contribution >= 4 is 23.3 Å². The number of carbonyl (C=O) groups excluding carboxylic acids is 2. The average Bonchev–Trinajstić information content (AvgIpc) is 2.83. The van der Waals surface area contributed by atoms with Gasteiger partial charge in [0, 0.05) is 17.9 Å². The molecule has 1 atom stereocenters. The van der Waals surface area contributed by atoms with E-state index >= 15 is 0 Å². The van der Waals surface area contributed by atoms with E-state index in [4.69, 9.17) is 9.47 Å². The fraction of sp³-hybridized carbons (Fsp3) is 0.200. The zero-order valence-corrected chi connectivity index (χ0v) is 17.8. The first-order valence-corrected chi connectivity index (χ1v) is 10.4. The number of para-hydroxylation sites is 1. The van der Waals surface area contributed by atoms with Gasteiger partial charge in [-0.05, 0) is 60.0 Å². The van der Waals surface area contributed by atoms with E-state index in [-0.39, 0.29) is 17.9 Å². The molecule has 3 aromatic carbocycles. The number of ether oxygens (including phenoxy) is 2. The SMILES string of the molecule is COc1ccc(CNC(=O)[C@H]2COc3ccc(NC(=O)Nc4ccccc4)cc3C2)cc1. The van der Waals surface area contributed by atoms with Gasteiger partial charge in [0.1, 0.15) is 18.1 Å². The highest BCUT2D eigenvalue weighted by molar-refractivity contribution is 5.99. The summed E-state index contributed by atoms with van der Waals surface area (Å²) in [6.45, 7) is 0.760. The zero-order chi connectivity index (χ0) is 22.3. The minimum Gasteiger partial charge on any atom is -0.497 e. The van der Waals surface area contributed by atoms with Crippen LogP contribution in [0.1, 0.15) is 11.1 Å². The molecule has 1 aliphatic rings. The number of methoxy groups -OCH3 is 1. The summed E-state index contributed by atoms with van der Waals surface area (Å²) in [5.41, 5.74) is 3.23. The van der Waals surface area contributed by atoms with Crippen LogP contribution in [0.5, 0.6) is 11.5 Å². The Kier molecular flexibility index (Phi) is 6.55.